The molecule has 1 aromatic rings. The molecular formula is C15H19FN2O5S. The number of amides is 1. The fourth-order valence-electron chi connectivity index (χ4n) is 3.00. The molecule has 2 rings (SSSR count). The largest absolute Gasteiger partial charge is 0.480 e. The van der Waals surface area contributed by atoms with Crippen molar-refractivity contribution in [2.24, 2.45) is 0 Å². The lowest BCUT2D eigenvalue weighted by Gasteiger charge is -2.32. The molecule has 9 heteroatoms. The van der Waals surface area contributed by atoms with Crippen LogP contribution in [-0.4, -0.2) is 41.8 Å². The lowest BCUT2D eigenvalue weighted by molar-refractivity contribution is -0.147. The first kappa shape index (κ1) is 18.3. The zero-order valence-electron chi connectivity index (χ0n) is 13.4. The second kappa shape index (κ2) is 6.48. The molecule has 0 spiro atoms. The summed E-state index contributed by atoms with van der Waals surface area (Å²) in [6, 6.07) is 3.01. The highest BCUT2D eigenvalue weighted by atomic mass is 32.2. The minimum absolute atomic E-state index is 0.0787. The van der Waals surface area contributed by atoms with E-state index in [0.717, 1.165) is 22.5 Å². The second-order valence-electron chi connectivity index (χ2n) is 5.69. The van der Waals surface area contributed by atoms with E-state index in [1.54, 1.807) is 6.92 Å². The molecule has 1 saturated heterocycles. The Labute approximate surface area is 139 Å². The number of benzene rings is 1. The molecule has 1 unspecified atom stereocenters. The quantitative estimate of drug-likeness (QED) is 0.835. The van der Waals surface area contributed by atoms with Gasteiger partial charge in [0.25, 0.3) is 0 Å². The Morgan fingerprint density at radius 1 is 1.42 bits per heavy atom. The normalized spacial score (nSPS) is 21.6. The number of carbonyl (C=O) groups excluding carboxylic acids is 1. The van der Waals surface area contributed by atoms with Crippen molar-refractivity contribution >= 4 is 27.6 Å². The van der Waals surface area contributed by atoms with Crippen molar-refractivity contribution in [1.82, 2.24) is 4.31 Å². The van der Waals surface area contributed by atoms with E-state index in [4.69, 9.17) is 0 Å². The van der Waals surface area contributed by atoms with E-state index >= 15 is 0 Å². The first-order valence-corrected chi connectivity index (χ1v) is 8.92. The molecule has 0 radical (unpaired) electrons. The van der Waals surface area contributed by atoms with Crippen molar-refractivity contribution in [1.29, 1.82) is 0 Å². The predicted octanol–water partition coefficient (Wildman–Crippen LogP) is 1.80. The van der Waals surface area contributed by atoms with Gasteiger partial charge in [0, 0.05) is 13.5 Å². The van der Waals surface area contributed by atoms with Crippen molar-refractivity contribution in [2.75, 3.05) is 11.9 Å². The molecule has 24 heavy (non-hydrogen) atoms. The van der Waals surface area contributed by atoms with E-state index in [-0.39, 0.29) is 30.0 Å². The van der Waals surface area contributed by atoms with Crippen LogP contribution in [0.3, 0.4) is 0 Å². The predicted molar refractivity (Wildman–Crippen MR) is 84.5 cm³/mol. The molecule has 1 aliphatic rings. The number of carboxylic acids is 1. The molecule has 1 atom stereocenters. The Balaban J connectivity index is 2.51. The monoisotopic (exact) mass is 358 g/mol. The third-order valence-electron chi connectivity index (χ3n) is 4.25. The van der Waals surface area contributed by atoms with E-state index in [1.807, 2.05) is 0 Å². The summed E-state index contributed by atoms with van der Waals surface area (Å²) in [4.78, 5) is 22.5. The highest BCUT2D eigenvalue weighted by Crippen LogP contribution is 2.38. The molecule has 1 aliphatic heterocycles. The van der Waals surface area contributed by atoms with E-state index < -0.39 is 33.3 Å². The maximum absolute atomic E-state index is 13.7. The lowest BCUT2D eigenvalue weighted by Crippen LogP contribution is -2.52. The number of aliphatic carboxylic acids is 1. The van der Waals surface area contributed by atoms with Crippen LogP contribution in [0.5, 0.6) is 0 Å². The molecule has 0 aliphatic carbocycles. The fraction of sp³-hybridized carbons (Fsp3) is 0.467. The van der Waals surface area contributed by atoms with E-state index in [9.17, 15) is 27.5 Å². The van der Waals surface area contributed by atoms with Gasteiger partial charge in [-0.25, -0.2) is 12.8 Å². The van der Waals surface area contributed by atoms with Gasteiger partial charge >= 0.3 is 5.97 Å². The molecule has 1 aromatic carbocycles. The molecule has 0 aromatic heterocycles. The average Bonchev–Trinajstić information content (AvgIpc) is 2.95. The fourth-order valence-corrected chi connectivity index (χ4v) is 4.89. The van der Waals surface area contributed by atoms with E-state index in [0.29, 0.717) is 6.42 Å². The maximum atomic E-state index is 13.7. The number of nitrogens with one attached hydrogen (secondary N) is 1. The Bertz CT molecular complexity index is 780. The number of hydrogen-bond acceptors (Lipinski definition) is 4. The van der Waals surface area contributed by atoms with Gasteiger partial charge in [0.15, 0.2) is 0 Å². The van der Waals surface area contributed by atoms with Crippen LogP contribution in [0, 0.1) is 5.82 Å². The molecule has 2 N–H and O–H groups in total. The first-order chi connectivity index (χ1) is 11.1. The van der Waals surface area contributed by atoms with Gasteiger partial charge in [0.2, 0.25) is 15.9 Å². The van der Waals surface area contributed by atoms with E-state index in [2.05, 4.69) is 5.32 Å². The van der Waals surface area contributed by atoms with Crippen molar-refractivity contribution < 1.29 is 27.5 Å². The molecule has 0 saturated carbocycles. The van der Waals surface area contributed by atoms with Gasteiger partial charge < -0.3 is 10.4 Å². The summed E-state index contributed by atoms with van der Waals surface area (Å²) in [6.45, 7) is 2.87. The number of anilines is 1. The first-order valence-electron chi connectivity index (χ1n) is 7.48. The van der Waals surface area contributed by atoms with Crippen LogP contribution in [-0.2, 0) is 19.6 Å². The highest BCUT2D eigenvalue weighted by molar-refractivity contribution is 7.89. The maximum Gasteiger partial charge on any atom is 0.325 e. The van der Waals surface area contributed by atoms with Crippen LogP contribution in [0.1, 0.15) is 33.1 Å². The standard InChI is InChI=1S/C15H19FN2O5S/c1-3-15(14(20)21)7-4-8-18(15)24(22,23)11-5-6-12(16)13(9-11)17-10(2)19/h5-6,9H,3-4,7-8H2,1-2H3,(H,17,19)(H,20,21). The second-order valence-corrected chi connectivity index (χ2v) is 7.56. The summed E-state index contributed by atoms with van der Waals surface area (Å²) in [5.74, 6) is -2.51. The van der Waals surface area contributed by atoms with Crippen LogP contribution in [0.4, 0.5) is 10.1 Å². The molecule has 1 fully saturated rings. The third kappa shape index (κ3) is 3.01. The summed E-state index contributed by atoms with van der Waals surface area (Å²) in [7, 11) is -4.14. The Hall–Kier alpha value is -2.00. The molecule has 132 valence electrons. The summed E-state index contributed by atoms with van der Waals surface area (Å²) < 4.78 is 40.5. The summed E-state index contributed by atoms with van der Waals surface area (Å²) in [5, 5.41) is 11.8. The zero-order valence-corrected chi connectivity index (χ0v) is 14.2. The smallest absolute Gasteiger partial charge is 0.325 e. The Morgan fingerprint density at radius 2 is 2.08 bits per heavy atom. The Morgan fingerprint density at radius 3 is 2.62 bits per heavy atom. The van der Waals surface area contributed by atoms with Crippen LogP contribution in [0.25, 0.3) is 0 Å². The van der Waals surface area contributed by atoms with Gasteiger partial charge in [-0.1, -0.05) is 6.92 Å². The van der Waals surface area contributed by atoms with E-state index in [1.165, 1.54) is 6.92 Å². The number of sulfonamides is 1. The number of carbonyl (C=O) groups is 2. The van der Waals surface area contributed by atoms with Crippen LogP contribution in [0.15, 0.2) is 23.1 Å². The number of hydrogen-bond donors (Lipinski definition) is 2. The van der Waals surface area contributed by atoms with Gasteiger partial charge in [-0.3, -0.25) is 9.59 Å². The van der Waals surface area contributed by atoms with Crippen LogP contribution < -0.4 is 5.32 Å². The zero-order chi connectivity index (χ0) is 18.1. The van der Waals surface area contributed by atoms with Gasteiger partial charge in [-0.2, -0.15) is 4.31 Å². The Kier molecular flexibility index (Phi) is 4.95. The van der Waals surface area contributed by atoms with Gasteiger partial charge in [0.05, 0.1) is 10.6 Å². The van der Waals surface area contributed by atoms with Gasteiger partial charge in [-0.05, 0) is 37.5 Å². The SMILES string of the molecule is CCC1(C(=O)O)CCCN1S(=O)(=O)c1ccc(F)c(NC(C)=O)c1. The van der Waals surface area contributed by atoms with Crippen molar-refractivity contribution in [3.63, 3.8) is 0 Å². The number of nitrogens with zero attached hydrogens (tertiary/aromatic N) is 1. The van der Waals surface area contributed by atoms with Gasteiger partial charge in [-0.15, -0.1) is 0 Å². The molecule has 1 heterocycles. The minimum Gasteiger partial charge on any atom is -0.480 e. The van der Waals surface area contributed by atoms with Crippen molar-refractivity contribution in [3.8, 4) is 0 Å². The number of rotatable bonds is 5. The van der Waals surface area contributed by atoms with Gasteiger partial charge in [0.1, 0.15) is 11.4 Å². The van der Waals surface area contributed by atoms with Crippen LogP contribution >= 0.6 is 0 Å². The topological polar surface area (TPSA) is 104 Å². The molecule has 0 bridgehead atoms. The summed E-state index contributed by atoms with van der Waals surface area (Å²) in [5.41, 5.74) is -1.76. The lowest BCUT2D eigenvalue weighted by atomic mass is 9.95. The minimum atomic E-state index is -4.14. The highest BCUT2D eigenvalue weighted by Gasteiger charge is 2.52. The molecule has 1 amide bonds. The molecular weight excluding hydrogens is 339 g/mol. The molecule has 7 nitrogen and oxygen atoms in total. The number of carboxylic acid groups (broad SMARTS) is 1. The third-order valence-corrected chi connectivity index (χ3v) is 6.21. The number of halogens is 1. The van der Waals surface area contributed by atoms with Crippen LogP contribution in [0.2, 0.25) is 0 Å². The average molecular weight is 358 g/mol. The summed E-state index contributed by atoms with van der Waals surface area (Å²) in [6.07, 6.45) is 0.776. The van der Waals surface area contributed by atoms with Crippen molar-refractivity contribution in [3.05, 3.63) is 24.0 Å². The van der Waals surface area contributed by atoms with Crippen molar-refractivity contribution in [2.45, 2.75) is 43.5 Å². The summed E-state index contributed by atoms with van der Waals surface area (Å²) >= 11 is 0.